The van der Waals surface area contributed by atoms with Gasteiger partial charge in [-0.1, -0.05) is 41.5 Å². The highest BCUT2D eigenvalue weighted by Crippen LogP contribution is 2.28. The lowest BCUT2D eigenvalue weighted by Gasteiger charge is -2.36. The average molecular weight is 335 g/mol. The van der Waals surface area contributed by atoms with Crippen LogP contribution in [0.4, 0.5) is 5.82 Å². The Bertz CT molecular complexity index is 517. The molecule has 1 N–H and O–H groups in total. The Hall–Kier alpha value is -1.20. The summed E-state index contributed by atoms with van der Waals surface area (Å²) in [6.45, 7) is 19.5. The minimum Gasteiger partial charge on any atom is -0.392 e. The number of β-amino-alcohol motifs (C(OH)–C–C–N with tert-alkyl or cyclic N) is 1. The van der Waals surface area contributed by atoms with E-state index in [2.05, 4.69) is 57.4 Å². The maximum absolute atomic E-state index is 9.56. The standard InChI is InChI=1S/C19H34N4O/c1-14(24)13-22-8-10-23(11-9-22)16-12-15(18(2,3)4)20-17(21-16)19(5,6)7/h12,14,24H,8-11,13H2,1-7H3/t14-/m1/s1. The van der Waals surface area contributed by atoms with Gasteiger partial charge in [0.15, 0.2) is 0 Å². The van der Waals surface area contributed by atoms with E-state index in [4.69, 9.17) is 9.97 Å². The number of rotatable bonds is 3. The van der Waals surface area contributed by atoms with Crippen molar-refractivity contribution in [2.75, 3.05) is 37.6 Å². The molecular formula is C19H34N4O. The van der Waals surface area contributed by atoms with Crippen LogP contribution < -0.4 is 4.90 Å². The van der Waals surface area contributed by atoms with Gasteiger partial charge in [-0.25, -0.2) is 9.97 Å². The second-order valence-corrected chi connectivity index (χ2v) is 9.07. The van der Waals surface area contributed by atoms with Gasteiger partial charge in [0.05, 0.1) is 11.8 Å². The Morgan fingerprint density at radius 1 is 1.00 bits per heavy atom. The first-order valence-corrected chi connectivity index (χ1v) is 9.02. The molecule has 0 unspecified atom stereocenters. The Labute approximate surface area is 147 Å². The molecule has 0 amide bonds. The molecule has 2 rings (SSSR count). The van der Waals surface area contributed by atoms with Crippen LogP contribution in [0, 0.1) is 0 Å². The molecule has 1 saturated heterocycles. The van der Waals surface area contributed by atoms with Gasteiger partial charge in [0.25, 0.3) is 0 Å². The van der Waals surface area contributed by atoms with Gasteiger partial charge in [-0.2, -0.15) is 0 Å². The third kappa shape index (κ3) is 4.90. The average Bonchev–Trinajstić information content (AvgIpc) is 2.45. The van der Waals surface area contributed by atoms with Crippen LogP contribution >= 0.6 is 0 Å². The van der Waals surface area contributed by atoms with Crippen molar-refractivity contribution in [3.8, 4) is 0 Å². The molecule has 1 aromatic heterocycles. The van der Waals surface area contributed by atoms with Gasteiger partial charge < -0.3 is 10.0 Å². The minimum atomic E-state index is -0.268. The highest BCUT2D eigenvalue weighted by atomic mass is 16.3. The van der Waals surface area contributed by atoms with Crippen molar-refractivity contribution >= 4 is 5.82 Å². The fourth-order valence-electron chi connectivity index (χ4n) is 2.85. The number of nitrogens with zero attached hydrogens (tertiary/aromatic N) is 4. The van der Waals surface area contributed by atoms with E-state index in [1.807, 2.05) is 6.92 Å². The van der Waals surface area contributed by atoms with Crippen molar-refractivity contribution in [1.82, 2.24) is 14.9 Å². The quantitative estimate of drug-likeness (QED) is 0.921. The fourth-order valence-corrected chi connectivity index (χ4v) is 2.85. The van der Waals surface area contributed by atoms with Crippen LogP contribution in [-0.2, 0) is 10.8 Å². The van der Waals surface area contributed by atoms with Gasteiger partial charge in [-0.3, -0.25) is 4.90 Å². The van der Waals surface area contributed by atoms with Crippen LogP contribution in [0.1, 0.15) is 60.0 Å². The number of hydrogen-bond acceptors (Lipinski definition) is 5. The third-order valence-electron chi connectivity index (χ3n) is 4.37. The maximum Gasteiger partial charge on any atom is 0.136 e. The molecule has 24 heavy (non-hydrogen) atoms. The zero-order chi connectivity index (χ0) is 18.1. The van der Waals surface area contributed by atoms with E-state index < -0.39 is 0 Å². The Morgan fingerprint density at radius 3 is 2.04 bits per heavy atom. The molecule has 1 fully saturated rings. The summed E-state index contributed by atoms with van der Waals surface area (Å²) in [6.07, 6.45) is -0.268. The second-order valence-electron chi connectivity index (χ2n) is 9.07. The molecule has 1 aromatic rings. The topological polar surface area (TPSA) is 52.5 Å². The number of hydrogen-bond donors (Lipinski definition) is 1. The monoisotopic (exact) mass is 334 g/mol. The van der Waals surface area contributed by atoms with E-state index in [0.717, 1.165) is 50.1 Å². The molecule has 0 bridgehead atoms. The lowest BCUT2D eigenvalue weighted by Crippen LogP contribution is -2.48. The van der Waals surface area contributed by atoms with Crippen LogP contribution in [0.5, 0.6) is 0 Å². The molecule has 5 heteroatoms. The Morgan fingerprint density at radius 2 is 1.58 bits per heavy atom. The van der Waals surface area contributed by atoms with Gasteiger partial charge in [0, 0.05) is 49.6 Å². The van der Waals surface area contributed by atoms with Crippen molar-refractivity contribution in [1.29, 1.82) is 0 Å². The van der Waals surface area contributed by atoms with E-state index in [0.29, 0.717) is 0 Å². The summed E-state index contributed by atoms with van der Waals surface area (Å²) < 4.78 is 0. The van der Waals surface area contributed by atoms with E-state index in [1.54, 1.807) is 0 Å². The Kier molecular flexibility index (Phi) is 5.55. The predicted octanol–water partition coefficient (Wildman–Crippen LogP) is 2.57. The van der Waals surface area contributed by atoms with Crippen molar-refractivity contribution in [2.45, 2.75) is 65.4 Å². The summed E-state index contributed by atoms with van der Waals surface area (Å²) in [7, 11) is 0. The molecule has 0 radical (unpaired) electrons. The SMILES string of the molecule is C[C@@H](O)CN1CCN(c2cc(C(C)(C)C)nc(C(C)(C)C)n2)CC1. The number of aromatic nitrogens is 2. The first-order valence-electron chi connectivity index (χ1n) is 9.02. The van der Waals surface area contributed by atoms with Gasteiger partial charge in [0.2, 0.25) is 0 Å². The number of piperazine rings is 1. The number of aliphatic hydroxyl groups is 1. The molecule has 5 nitrogen and oxygen atoms in total. The van der Waals surface area contributed by atoms with E-state index in [1.165, 1.54) is 0 Å². The van der Waals surface area contributed by atoms with Crippen LogP contribution in [0.3, 0.4) is 0 Å². The van der Waals surface area contributed by atoms with Gasteiger partial charge in [0.1, 0.15) is 11.6 Å². The lowest BCUT2D eigenvalue weighted by molar-refractivity contribution is 0.122. The van der Waals surface area contributed by atoms with Crippen molar-refractivity contribution in [2.24, 2.45) is 0 Å². The zero-order valence-corrected chi connectivity index (χ0v) is 16.4. The summed E-state index contributed by atoms with van der Waals surface area (Å²) in [5.74, 6) is 1.95. The molecule has 136 valence electrons. The molecule has 0 spiro atoms. The van der Waals surface area contributed by atoms with E-state index >= 15 is 0 Å². The molecule has 2 heterocycles. The largest absolute Gasteiger partial charge is 0.392 e. The van der Waals surface area contributed by atoms with Crippen LogP contribution in [-0.4, -0.2) is 58.8 Å². The number of anilines is 1. The highest BCUT2D eigenvalue weighted by Gasteiger charge is 2.26. The lowest BCUT2D eigenvalue weighted by atomic mass is 9.90. The highest BCUT2D eigenvalue weighted by molar-refractivity contribution is 5.42. The minimum absolute atomic E-state index is 0.00579. The number of aliphatic hydroxyl groups excluding tert-OH is 1. The summed E-state index contributed by atoms with van der Waals surface area (Å²) in [5.41, 5.74) is 1.04. The molecule has 1 atom stereocenters. The first-order chi connectivity index (χ1) is 11.0. The van der Waals surface area contributed by atoms with E-state index in [-0.39, 0.29) is 16.9 Å². The maximum atomic E-state index is 9.56. The van der Waals surface area contributed by atoms with Gasteiger partial charge >= 0.3 is 0 Å². The van der Waals surface area contributed by atoms with Gasteiger partial charge in [-0.05, 0) is 6.92 Å². The van der Waals surface area contributed by atoms with Gasteiger partial charge in [-0.15, -0.1) is 0 Å². The van der Waals surface area contributed by atoms with Crippen molar-refractivity contribution in [3.05, 3.63) is 17.6 Å². The predicted molar refractivity (Wildman–Crippen MR) is 99.8 cm³/mol. The van der Waals surface area contributed by atoms with E-state index in [9.17, 15) is 5.11 Å². The molecule has 1 aliphatic heterocycles. The zero-order valence-electron chi connectivity index (χ0n) is 16.4. The summed E-state index contributed by atoms with van der Waals surface area (Å²) in [4.78, 5) is 14.4. The Balaban J connectivity index is 2.24. The molecule has 0 aliphatic carbocycles. The molecular weight excluding hydrogens is 300 g/mol. The fraction of sp³-hybridized carbons (Fsp3) is 0.789. The molecule has 1 aliphatic rings. The van der Waals surface area contributed by atoms with Crippen LogP contribution in [0.25, 0.3) is 0 Å². The summed E-state index contributed by atoms with van der Waals surface area (Å²) in [6, 6.07) is 2.15. The van der Waals surface area contributed by atoms with Crippen molar-refractivity contribution < 1.29 is 5.11 Å². The first kappa shape index (κ1) is 19.1. The third-order valence-corrected chi connectivity index (χ3v) is 4.37. The second kappa shape index (κ2) is 6.96. The molecule has 0 aromatic carbocycles. The summed E-state index contributed by atoms with van der Waals surface area (Å²) >= 11 is 0. The normalized spacial score (nSPS) is 18.8. The van der Waals surface area contributed by atoms with Crippen molar-refractivity contribution in [3.63, 3.8) is 0 Å². The smallest absolute Gasteiger partial charge is 0.136 e. The van der Waals surface area contributed by atoms with Crippen LogP contribution in [0.15, 0.2) is 6.07 Å². The summed E-state index contributed by atoms with van der Waals surface area (Å²) in [5, 5.41) is 9.56. The molecule has 0 saturated carbocycles. The van der Waals surface area contributed by atoms with Crippen LogP contribution in [0.2, 0.25) is 0 Å².